The number of hydrogen-bond donors (Lipinski definition) is 1. The lowest BCUT2D eigenvalue weighted by atomic mass is 10.0. The molecule has 0 radical (unpaired) electrons. The normalized spacial score (nSPS) is 21.8. The Bertz CT molecular complexity index is 297. The van der Waals surface area contributed by atoms with E-state index >= 15 is 0 Å². The molecule has 2 heterocycles. The number of nitrogens with one attached hydrogen (secondary N) is 1. The third kappa shape index (κ3) is 3.52. The number of nitrogens with zero attached hydrogens (tertiary/aromatic N) is 2. The molecule has 0 spiro atoms. The second-order valence-corrected chi connectivity index (χ2v) is 4.80. The van der Waals surface area contributed by atoms with Crippen molar-refractivity contribution in [2.75, 3.05) is 19.7 Å². The van der Waals surface area contributed by atoms with E-state index in [0.717, 1.165) is 30.5 Å². The lowest BCUT2D eigenvalue weighted by Gasteiger charge is -2.22. The molecule has 1 aromatic rings. The Balaban J connectivity index is 1.65. The van der Waals surface area contributed by atoms with Gasteiger partial charge in [-0.3, -0.25) is 0 Å². The molecule has 0 amide bonds. The highest BCUT2D eigenvalue weighted by Crippen LogP contribution is 2.12. The van der Waals surface area contributed by atoms with Crippen molar-refractivity contribution in [3.8, 4) is 0 Å². The number of aromatic nitrogens is 2. The molecule has 0 aliphatic carbocycles. The quantitative estimate of drug-likeness (QED) is 0.843. The van der Waals surface area contributed by atoms with E-state index in [0.29, 0.717) is 12.5 Å². The number of aryl methyl sites for hydroxylation is 1. The first kappa shape index (κ1) is 11.0. The van der Waals surface area contributed by atoms with E-state index in [-0.39, 0.29) is 0 Å². The Labute approximate surface area is 94.2 Å². The van der Waals surface area contributed by atoms with Crippen LogP contribution in [0.15, 0.2) is 0 Å². The zero-order chi connectivity index (χ0) is 10.5. The molecule has 1 aromatic heterocycles. The molecule has 5 heteroatoms. The molecule has 1 N–H and O–H groups in total. The fourth-order valence-electron chi connectivity index (χ4n) is 1.78. The molecule has 4 nitrogen and oxygen atoms in total. The van der Waals surface area contributed by atoms with Crippen LogP contribution in [-0.4, -0.2) is 29.1 Å². The van der Waals surface area contributed by atoms with Crippen LogP contribution in [0.4, 0.5) is 0 Å². The van der Waals surface area contributed by atoms with E-state index in [1.54, 1.807) is 0 Å². The Morgan fingerprint density at radius 1 is 1.60 bits per heavy atom. The summed E-state index contributed by atoms with van der Waals surface area (Å²) in [7, 11) is 0. The van der Waals surface area contributed by atoms with Crippen LogP contribution in [0.3, 0.4) is 0 Å². The van der Waals surface area contributed by atoms with Crippen molar-refractivity contribution in [1.29, 1.82) is 0 Å². The van der Waals surface area contributed by atoms with Crippen LogP contribution < -0.4 is 5.32 Å². The maximum absolute atomic E-state index is 5.64. The van der Waals surface area contributed by atoms with Crippen LogP contribution in [-0.2, 0) is 11.3 Å². The summed E-state index contributed by atoms with van der Waals surface area (Å²) in [4.78, 5) is 4.26. The van der Waals surface area contributed by atoms with E-state index < -0.39 is 0 Å². The molecule has 0 aromatic carbocycles. The van der Waals surface area contributed by atoms with E-state index in [4.69, 9.17) is 4.74 Å². The zero-order valence-electron chi connectivity index (χ0n) is 9.03. The molecular formula is C10H17N3OS. The molecule has 1 aliphatic heterocycles. The molecule has 0 unspecified atom stereocenters. The number of rotatable bonds is 4. The SMILES string of the molecule is Cc1nsc(COC[C@H]2CCCNC2)n1. The minimum Gasteiger partial charge on any atom is -0.374 e. The highest BCUT2D eigenvalue weighted by molar-refractivity contribution is 7.05. The Hall–Kier alpha value is -0.520. The number of piperidine rings is 1. The van der Waals surface area contributed by atoms with E-state index in [1.807, 2.05) is 6.92 Å². The van der Waals surface area contributed by atoms with Crippen LogP contribution in [0.2, 0.25) is 0 Å². The zero-order valence-corrected chi connectivity index (χ0v) is 9.85. The minimum absolute atomic E-state index is 0.613. The van der Waals surface area contributed by atoms with E-state index in [2.05, 4.69) is 14.7 Å². The average molecular weight is 227 g/mol. The Morgan fingerprint density at radius 3 is 3.20 bits per heavy atom. The van der Waals surface area contributed by atoms with Gasteiger partial charge in [0.2, 0.25) is 0 Å². The fraction of sp³-hybridized carbons (Fsp3) is 0.800. The first-order chi connectivity index (χ1) is 7.34. The maximum Gasteiger partial charge on any atom is 0.139 e. The van der Waals surface area contributed by atoms with Gasteiger partial charge in [0.15, 0.2) is 0 Å². The lowest BCUT2D eigenvalue weighted by Crippen LogP contribution is -2.32. The average Bonchev–Trinajstić information content (AvgIpc) is 2.66. The van der Waals surface area contributed by atoms with Crippen molar-refractivity contribution in [3.05, 3.63) is 10.8 Å². The highest BCUT2D eigenvalue weighted by Gasteiger charge is 2.13. The van der Waals surface area contributed by atoms with Gasteiger partial charge in [-0.15, -0.1) is 0 Å². The first-order valence-electron chi connectivity index (χ1n) is 5.42. The second-order valence-electron chi connectivity index (χ2n) is 3.96. The van der Waals surface area contributed by atoms with Gasteiger partial charge in [-0.1, -0.05) is 0 Å². The van der Waals surface area contributed by atoms with Gasteiger partial charge in [0.05, 0.1) is 6.61 Å². The van der Waals surface area contributed by atoms with Crippen molar-refractivity contribution >= 4 is 11.5 Å². The Morgan fingerprint density at radius 2 is 2.53 bits per heavy atom. The van der Waals surface area contributed by atoms with Crippen molar-refractivity contribution in [2.24, 2.45) is 5.92 Å². The van der Waals surface area contributed by atoms with Gasteiger partial charge in [0.25, 0.3) is 0 Å². The highest BCUT2D eigenvalue weighted by atomic mass is 32.1. The number of hydrogen-bond acceptors (Lipinski definition) is 5. The monoisotopic (exact) mass is 227 g/mol. The summed E-state index contributed by atoms with van der Waals surface area (Å²) >= 11 is 1.43. The van der Waals surface area contributed by atoms with Gasteiger partial charge in [-0.25, -0.2) is 4.98 Å². The molecule has 0 saturated carbocycles. The maximum atomic E-state index is 5.64. The van der Waals surface area contributed by atoms with Gasteiger partial charge in [0.1, 0.15) is 17.4 Å². The van der Waals surface area contributed by atoms with Gasteiger partial charge >= 0.3 is 0 Å². The molecule has 1 atom stereocenters. The molecule has 1 aliphatic rings. The van der Waals surface area contributed by atoms with Crippen LogP contribution >= 0.6 is 11.5 Å². The van der Waals surface area contributed by atoms with Gasteiger partial charge in [-0.2, -0.15) is 4.37 Å². The van der Waals surface area contributed by atoms with E-state index in [1.165, 1.54) is 24.4 Å². The van der Waals surface area contributed by atoms with Crippen molar-refractivity contribution in [3.63, 3.8) is 0 Å². The third-order valence-corrected chi connectivity index (χ3v) is 3.32. The van der Waals surface area contributed by atoms with Gasteiger partial charge in [0, 0.05) is 6.54 Å². The topological polar surface area (TPSA) is 47.0 Å². The molecule has 15 heavy (non-hydrogen) atoms. The van der Waals surface area contributed by atoms with Gasteiger partial charge in [-0.05, 0) is 43.8 Å². The second kappa shape index (κ2) is 5.53. The molecule has 0 bridgehead atoms. The summed E-state index contributed by atoms with van der Waals surface area (Å²) in [5.74, 6) is 1.52. The van der Waals surface area contributed by atoms with Crippen molar-refractivity contribution in [2.45, 2.75) is 26.4 Å². The third-order valence-electron chi connectivity index (χ3n) is 2.55. The van der Waals surface area contributed by atoms with E-state index in [9.17, 15) is 0 Å². The minimum atomic E-state index is 0.613. The molecular weight excluding hydrogens is 210 g/mol. The summed E-state index contributed by atoms with van der Waals surface area (Å²) in [6.07, 6.45) is 2.55. The molecule has 1 saturated heterocycles. The van der Waals surface area contributed by atoms with Gasteiger partial charge < -0.3 is 10.1 Å². The van der Waals surface area contributed by atoms with Crippen molar-refractivity contribution < 1.29 is 4.74 Å². The predicted octanol–water partition coefficient (Wildman–Crippen LogP) is 1.36. The standard InChI is InChI=1S/C10H17N3OS/c1-8-12-10(15-13-8)7-14-6-9-3-2-4-11-5-9/h9,11H,2-7H2,1H3/t9-/m0/s1. The Kier molecular flexibility index (Phi) is 4.05. The van der Waals surface area contributed by atoms with Crippen LogP contribution in [0, 0.1) is 12.8 Å². The number of ether oxygens (including phenoxy) is 1. The molecule has 1 fully saturated rings. The predicted molar refractivity (Wildman–Crippen MR) is 59.9 cm³/mol. The van der Waals surface area contributed by atoms with Crippen LogP contribution in [0.25, 0.3) is 0 Å². The summed E-state index contributed by atoms with van der Waals surface area (Å²) in [5.41, 5.74) is 0. The summed E-state index contributed by atoms with van der Waals surface area (Å²) < 4.78 is 9.76. The van der Waals surface area contributed by atoms with Crippen molar-refractivity contribution in [1.82, 2.24) is 14.7 Å². The summed E-state index contributed by atoms with van der Waals surface area (Å²) in [5, 5.41) is 4.36. The molecule has 84 valence electrons. The van der Waals surface area contributed by atoms with Crippen LogP contribution in [0.1, 0.15) is 23.7 Å². The smallest absolute Gasteiger partial charge is 0.139 e. The lowest BCUT2D eigenvalue weighted by molar-refractivity contribution is 0.0781. The van der Waals surface area contributed by atoms with Crippen LogP contribution in [0.5, 0.6) is 0 Å². The first-order valence-corrected chi connectivity index (χ1v) is 6.19. The fourth-order valence-corrected chi connectivity index (χ4v) is 2.37. The summed E-state index contributed by atoms with van der Waals surface area (Å²) in [6.45, 7) is 5.61. The molecule has 2 rings (SSSR count). The summed E-state index contributed by atoms with van der Waals surface area (Å²) in [6, 6.07) is 0. The largest absolute Gasteiger partial charge is 0.374 e.